The standard InChI is InChI=1S/C56H34N4S/c1-4-13-37(14-5-1)51-48-32-31-46-45-21-12-20-44(52(45)61-53(46)50(48)47-19-10-11-22-49(47)57-51)36-25-23-35(24-26-36)40-27-28-42-34-43(30-29-41(42)33-40)56-59-54(38-15-6-2-7-16-38)58-55(60-56)39-17-8-3-9-18-39/h1-34H. The molecule has 0 N–H and O–H groups in total. The van der Waals surface area contributed by atoms with Crippen molar-refractivity contribution in [3.63, 3.8) is 0 Å². The van der Waals surface area contributed by atoms with Crippen molar-refractivity contribution in [2.45, 2.75) is 0 Å². The maximum atomic E-state index is 5.19. The van der Waals surface area contributed by atoms with Crippen molar-refractivity contribution in [3.8, 4) is 67.7 Å². The summed E-state index contributed by atoms with van der Waals surface area (Å²) in [6.45, 7) is 0. The second-order valence-corrected chi connectivity index (χ2v) is 16.4. The molecule has 5 heteroatoms. The Hall–Kier alpha value is -7.86. The number of benzene rings is 9. The first-order chi connectivity index (χ1) is 30.2. The van der Waals surface area contributed by atoms with Gasteiger partial charge in [0.1, 0.15) is 0 Å². The molecule has 0 aliphatic rings. The molecule has 3 aromatic heterocycles. The second-order valence-electron chi connectivity index (χ2n) is 15.4. The lowest BCUT2D eigenvalue weighted by Crippen LogP contribution is -2.00. The fourth-order valence-corrected chi connectivity index (χ4v) is 10.1. The van der Waals surface area contributed by atoms with Crippen LogP contribution in [0.5, 0.6) is 0 Å². The van der Waals surface area contributed by atoms with Crippen LogP contribution in [0.3, 0.4) is 0 Å². The molecular formula is C56H34N4S. The molecule has 0 unspecified atom stereocenters. The van der Waals surface area contributed by atoms with E-state index < -0.39 is 0 Å². The number of fused-ring (bicyclic) bond motifs is 8. The Balaban J connectivity index is 0.902. The van der Waals surface area contributed by atoms with Gasteiger partial charge in [-0.1, -0.05) is 188 Å². The third kappa shape index (κ3) is 6.14. The van der Waals surface area contributed by atoms with Crippen LogP contribution in [0, 0.1) is 0 Å². The molecule has 0 amide bonds. The van der Waals surface area contributed by atoms with Crippen LogP contribution in [-0.2, 0) is 0 Å². The molecular weight excluding hydrogens is 761 g/mol. The minimum Gasteiger partial charge on any atom is -0.247 e. The molecule has 0 atom stereocenters. The summed E-state index contributed by atoms with van der Waals surface area (Å²) in [4.78, 5) is 20.0. The fourth-order valence-electron chi connectivity index (χ4n) is 8.68. The van der Waals surface area contributed by atoms with Gasteiger partial charge in [-0.05, 0) is 51.2 Å². The van der Waals surface area contributed by atoms with Crippen LogP contribution in [-0.4, -0.2) is 19.9 Å². The Morgan fingerprint density at radius 2 is 0.803 bits per heavy atom. The third-order valence-corrected chi connectivity index (χ3v) is 13.0. The fraction of sp³-hybridized carbons (Fsp3) is 0. The Labute approximate surface area is 356 Å². The van der Waals surface area contributed by atoms with Gasteiger partial charge in [0, 0.05) is 58.6 Å². The van der Waals surface area contributed by atoms with Crippen molar-refractivity contribution < 1.29 is 0 Å². The Kier molecular flexibility index (Phi) is 8.32. The normalized spacial score (nSPS) is 11.6. The molecule has 0 saturated carbocycles. The quantitative estimate of drug-likeness (QED) is 0.157. The number of hydrogen-bond acceptors (Lipinski definition) is 5. The summed E-state index contributed by atoms with van der Waals surface area (Å²) < 4.78 is 2.60. The van der Waals surface area contributed by atoms with Crippen LogP contribution in [0.4, 0.5) is 0 Å². The van der Waals surface area contributed by atoms with E-state index in [9.17, 15) is 0 Å². The van der Waals surface area contributed by atoms with Crippen LogP contribution in [0.1, 0.15) is 0 Å². The Bertz CT molecular complexity index is 3560. The second kappa shape index (κ2) is 14.5. The van der Waals surface area contributed by atoms with Crippen LogP contribution >= 0.6 is 11.3 Å². The van der Waals surface area contributed by atoms with Crippen molar-refractivity contribution in [2.75, 3.05) is 0 Å². The van der Waals surface area contributed by atoms with Gasteiger partial charge in [-0.25, -0.2) is 19.9 Å². The highest BCUT2D eigenvalue weighted by molar-refractivity contribution is 7.27. The molecule has 0 spiro atoms. The number of rotatable bonds is 6. The lowest BCUT2D eigenvalue weighted by molar-refractivity contribution is 1.07. The molecule has 0 bridgehead atoms. The summed E-state index contributed by atoms with van der Waals surface area (Å²) in [5, 5.41) is 8.49. The average molecular weight is 795 g/mol. The van der Waals surface area contributed by atoms with Crippen molar-refractivity contribution >= 4 is 64.0 Å². The summed E-state index contributed by atoms with van der Waals surface area (Å²) in [6.07, 6.45) is 0. The monoisotopic (exact) mass is 794 g/mol. The average Bonchev–Trinajstić information content (AvgIpc) is 3.73. The van der Waals surface area contributed by atoms with E-state index in [1.165, 1.54) is 58.6 Å². The van der Waals surface area contributed by atoms with E-state index in [1.54, 1.807) is 0 Å². The van der Waals surface area contributed by atoms with E-state index in [0.29, 0.717) is 17.5 Å². The van der Waals surface area contributed by atoms with E-state index >= 15 is 0 Å². The number of pyridine rings is 1. The molecule has 0 radical (unpaired) electrons. The molecule has 12 rings (SSSR count). The third-order valence-electron chi connectivity index (χ3n) is 11.7. The predicted molar refractivity (Wildman–Crippen MR) is 256 cm³/mol. The largest absolute Gasteiger partial charge is 0.247 e. The number of thiophene rings is 1. The molecule has 4 nitrogen and oxygen atoms in total. The number of hydrogen-bond donors (Lipinski definition) is 0. The van der Waals surface area contributed by atoms with E-state index in [4.69, 9.17) is 19.9 Å². The first-order valence-corrected chi connectivity index (χ1v) is 21.3. The van der Waals surface area contributed by atoms with E-state index in [1.807, 2.05) is 72.0 Å². The van der Waals surface area contributed by atoms with Crippen LogP contribution < -0.4 is 0 Å². The number of para-hydroxylation sites is 1. The highest BCUT2D eigenvalue weighted by atomic mass is 32.1. The van der Waals surface area contributed by atoms with Gasteiger partial charge in [0.25, 0.3) is 0 Å². The lowest BCUT2D eigenvalue weighted by Gasteiger charge is -2.11. The summed E-state index contributed by atoms with van der Waals surface area (Å²) in [5.41, 5.74) is 10.8. The van der Waals surface area contributed by atoms with E-state index in [2.05, 4.69) is 146 Å². The SMILES string of the molecule is c1ccc(-c2nc(-c3ccccc3)nc(-c3ccc4cc(-c5ccc(-c6cccc7c6sc6c7ccc7c(-c8ccccc8)nc8ccccc8c76)cc5)ccc4c3)n2)cc1. The number of aromatic nitrogens is 4. The van der Waals surface area contributed by atoms with Crippen molar-refractivity contribution in [1.29, 1.82) is 0 Å². The van der Waals surface area contributed by atoms with Gasteiger partial charge in [-0.15, -0.1) is 11.3 Å². The molecule has 3 heterocycles. The van der Waals surface area contributed by atoms with Gasteiger partial charge in [-0.3, -0.25) is 0 Å². The Morgan fingerprint density at radius 1 is 0.295 bits per heavy atom. The van der Waals surface area contributed by atoms with Gasteiger partial charge in [0.05, 0.1) is 11.2 Å². The molecule has 0 fully saturated rings. The zero-order valence-corrected chi connectivity index (χ0v) is 33.6. The Morgan fingerprint density at radius 3 is 1.49 bits per heavy atom. The molecule has 9 aromatic carbocycles. The van der Waals surface area contributed by atoms with Gasteiger partial charge in [-0.2, -0.15) is 0 Å². The molecule has 0 saturated heterocycles. The van der Waals surface area contributed by atoms with E-state index in [0.717, 1.165) is 44.2 Å². The van der Waals surface area contributed by atoms with Crippen LogP contribution in [0.2, 0.25) is 0 Å². The molecule has 12 aromatic rings. The molecule has 284 valence electrons. The maximum Gasteiger partial charge on any atom is 0.164 e. The predicted octanol–water partition coefficient (Wildman–Crippen LogP) is 15.1. The molecule has 0 aliphatic heterocycles. The zero-order valence-electron chi connectivity index (χ0n) is 32.8. The first kappa shape index (κ1) is 35.1. The van der Waals surface area contributed by atoms with Crippen molar-refractivity contribution in [1.82, 2.24) is 19.9 Å². The first-order valence-electron chi connectivity index (χ1n) is 20.5. The van der Waals surface area contributed by atoms with Gasteiger partial charge >= 0.3 is 0 Å². The highest BCUT2D eigenvalue weighted by Crippen LogP contribution is 2.46. The summed E-state index contributed by atoms with van der Waals surface area (Å²) in [5.74, 6) is 1.96. The van der Waals surface area contributed by atoms with E-state index in [-0.39, 0.29) is 0 Å². The van der Waals surface area contributed by atoms with Crippen molar-refractivity contribution in [3.05, 3.63) is 206 Å². The topological polar surface area (TPSA) is 51.6 Å². The maximum absolute atomic E-state index is 5.19. The zero-order chi connectivity index (χ0) is 40.3. The van der Waals surface area contributed by atoms with Crippen LogP contribution in [0.15, 0.2) is 206 Å². The minimum absolute atomic E-state index is 0.651. The summed E-state index contributed by atoms with van der Waals surface area (Å²) in [6, 6.07) is 72.8. The summed E-state index contributed by atoms with van der Waals surface area (Å²) >= 11 is 1.89. The lowest BCUT2D eigenvalue weighted by atomic mass is 9.96. The highest BCUT2D eigenvalue weighted by Gasteiger charge is 2.18. The smallest absolute Gasteiger partial charge is 0.164 e. The van der Waals surface area contributed by atoms with Gasteiger partial charge in [0.15, 0.2) is 17.5 Å². The minimum atomic E-state index is 0.651. The molecule has 0 aliphatic carbocycles. The van der Waals surface area contributed by atoms with Gasteiger partial charge < -0.3 is 0 Å². The van der Waals surface area contributed by atoms with Crippen molar-refractivity contribution in [2.24, 2.45) is 0 Å². The molecule has 61 heavy (non-hydrogen) atoms. The summed E-state index contributed by atoms with van der Waals surface area (Å²) in [7, 11) is 0. The van der Waals surface area contributed by atoms with Gasteiger partial charge in [0.2, 0.25) is 0 Å². The number of nitrogens with zero attached hydrogens (tertiary/aromatic N) is 4. The van der Waals surface area contributed by atoms with Crippen LogP contribution in [0.25, 0.3) is 120 Å².